The van der Waals surface area contributed by atoms with Gasteiger partial charge in [0, 0.05) is 31.1 Å². The number of thiocarbonyl (C=S) groups is 1. The van der Waals surface area contributed by atoms with E-state index >= 15 is 0 Å². The van der Waals surface area contributed by atoms with E-state index in [9.17, 15) is 0 Å². The molecular weight excluding hydrogens is 268 g/mol. The van der Waals surface area contributed by atoms with Crippen molar-refractivity contribution in [2.75, 3.05) is 18.0 Å². The third-order valence-electron chi connectivity index (χ3n) is 2.97. The van der Waals surface area contributed by atoms with Gasteiger partial charge in [0.2, 0.25) is 5.95 Å². The predicted octanol–water partition coefficient (Wildman–Crippen LogP) is 2.77. The predicted molar refractivity (Wildman–Crippen MR) is 88.0 cm³/mol. The highest BCUT2D eigenvalue weighted by Crippen LogP contribution is 2.16. The molecule has 2 aromatic rings. The number of hydrogen-bond donors (Lipinski definition) is 1. The number of aromatic nitrogens is 2. The molecule has 0 aliphatic heterocycles. The molecule has 5 heteroatoms. The first-order valence-electron chi connectivity index (χ1n) is 6.81. The van der Waals surface area contributed by atoms with Crippen molar-refractivity contribution >= 4 is 34.1 Å². The second-order valence-electron chi connectivity index (χ2n) is 5.28. The van der Waals surface area contributed by atoms with Gasteiger partial charge in [-0.15, -0.1) is 0 Å². The van der Waals surface area contributed by atoms with E-state index in [0.717, 1.165) is 29.9 Å². The molecule has 0 bridgehead atoms. The molecule has 1 aromatic carbocycles. The van der Waals surface area contributed by atoms with Gasteiger partial charge in [0.05, 0.1) is 10.5 Å². The number of para-hydroxylation sites is 1. The molecule has 0 saturated carbocycles. The number of fused-ring (bicyclic) bond motifs is 1. The summed E-state index contributed by atoms with van der Waals surface area (Å²) < 4.78 is 0. The van der Waals surface area contributed by atoms with Crippen LogP contribution in [0.3, 0.4) is 0 Å². The molecule has 2 rings (SSSR count). The zero-order valence-corrected chi connectivity index (χ0v) is 12.7. The second-order valence-corrected chi connectivity index (χ2v) is 5.81. The summed E-state index contributed by atoms with van der Waals surface area (Å²) >= 11 is 4.96. The van der Waals surface area contributed by atoms with E-state index in [1.54, 1.807) is 0 Å². The van der Waals surface area contributed by atoms with Crippen molar-refractivity contribution in [2.24, 2.45) is 11.7 Å². The van der Waals surface area contributed by atoms with Crippen LogP contribution in [0.15, 0.2) is 30.5 Å². The summed E-state index contributed by atoms with van der Waals surface area (Å²) in [6, 6.07) is 7.99. The fraction of sp³-hybridized carbons (Fsp3) is 0.400. The summed E-state index contributed by atoms with van der Waals surface area (Å²) in [5.41, 5.74) is 6.56. The van der Waals surface area contributed by atoms with Crippen molar-refractivity contribution in [3.05, 3.63) is 30.5 Å². The largest absolute Gasteiger partial charge is 0.393 e. The van der Waals surface area contributed by atoms with Crippen LogP contribution >= 0.6 is 12.2 Å². The molecule has 1 heterocycles. The Morgan fingerprint density at radius 2 is 2.10 bits per heavy atom. The van der Waals surface area contributed by atoms with Crippen LogP contribution in [0.2, 0.25) is 0 Å². The van der Waals surface area contributed by atoms with Crippen molar-refractivity contribution < 1.29 is 0 Å². The second kappa shape index (κ2) is 6.61. The minimum absolute atomic E-state index is 0.524. The summed E-state index contributed by atoms with van der Waals surface area (Å²) in [4.78, 5) is 11.8. The Balaban J connectivity index is 2.26. The van der Waals surface area contributed by atoms with Gasteiger partial charge in [-0.05, 0) is 12.0 Å². The minimum atomic E-state index is 0.524. The van der Waals surface area contributed by atoms with Crippen molar-refractivity contribution in [3.63, 3.8) is 0 Å². The molecule has 4 nitrogen and oxygen atoms in total. The molecule has 0 atom stereocenters. The first kappa shape index (κ1) is 14.7. The minimum Gasteiger partial charge on any atom is -0.393 e. The topological polar surface area (TPSA) is 55.0 Å². The van der Waals surface area contributed by atoms with Gasteiger partial charge < -0.3 is 10.6 Å². The number of nitrogens with zero attached hydrogens (tertiary/aromatic N) is 3. The van der Waals surface area contributed by atoms with E-state index in [-0.39, 0.29) is 0 Å². The molecular formula is C15H20N4S. The highest BCUT2D eigenvalue weighted by molar-refractivity contribution is 7.80. The van der Waals surface area contributed by atoms with Crippen LogP contribution in [0.4, 0.5) is 5.95 Å². The quantitative estimate of drug-likeness (QED) is 0.828. The summed E-state index contributed by atoms with van der Waals surface area (Å²) in [5.74, 6) is 1.27. The summed E-state index contributed by atoms with van der Waals surface area (Å²) in [6.07, 6.45) is 2.55. The number of benzene rings is 1. The summed E-state index contributed by atoms with van der Waals surface area (Å²) in [5, 5.41) is 1.05. The third-order valence-corrected chi connectivity index (χ3v) is 3.18. The average Bonchev–Trinajstić information content (AvgIpc) is 2.42. The highest BCUT2D eigenvalue weighted by Gasteiger charge is 2.12. The molecule has 0 saturated heterocycles. The Morgan fingerprint density at radius 1 is 1.35 bits per heavy atom. The van der Waals surface area contributed by atoms with E-state index in [4.69, 9.17) is 18.0 Å². The standard InChI is InChI=1S/C15H20N4S/c1-11(2)10-19(8-7-14(16)20)15-17-9-12-5-3-4-6-13(12)18-15/h3-6,9,11H,7-8,10H2,1-2H3,(H2,16,20). The average molecular weight is 288 g/mol. The Labute approximate surface area is 125 Å². The molecule has 0 aliphatic rings. The van der Waals surface area contributed by atoms with E-state index in [1.807, 2.05) is 30.5 Å². The molecule has 1 aromatic heterocycles. The van der Waals surface area contributed by atoms with Crippen molar-refractivity contribution in [1.82, 2.24) is 9.97 Å². The SMILES string of the molecule is CC(C)CN(CCC(N)=S)c1ncc2ccccc2n1. The van der Waals surface area contributed by atoms with Crippen LogP contribution in [0, 0.1) is 5.92 Å². The van der Waals surface area contributed by atoms with E-state index in [0.29, 0.717) is 17.3 Å². The maximum Gasteiger partial charge on any atom is 0.225 e. The smallest absolute Gasteiger partial charge is 0.225 e. The first-order valence-corrected chi connectivity index (χ1v) is 7.22. The monoisotopic (exact) mass is 288 g/mol. The van der Waals surface area contributed by atoms with E-state index in [1.165, 1.54) is 0 Å². The van der Waals surface area contributed by atoms with E-state index < -0.39 is 0 Å². The van der Waals surface area contributed by atoms with Gasteiger partial charge >= 0.3 is 0 Å². The zero-order chi connectivity index (χ0) is 14.5. The van der Waals surface area contributed by atoms with Crippen molar-refractivity contribution in [1.29, 1.82) is 0 Å². The van der Waals surface area contributed by atoms with Crippen LogP contribution in [-0.4, -0.2) is 28.0 Å². The molecule has 0 unspecified atom stereocenters. The third kappa shape index (κ3) is 3.87. The van der Waals surface area contributed by atoms with Gasteiger partial charge in [0.15, 0.2) is 0 Å². The van der Waals surface area contributed by atoms with Gasteiger partial charge in [-0.1, -0.05) is 44.3 Å². The fourth-order valence-electron chi connectivity index (χ4n) is 2.07. The molecule has 0 amide bonds. The van der Waals surface area contributed by atoms with Crippen molar-refractivity contribution in [2.45, 2.75) is 20.3 Å². The van der Waals surface area contributed by atoms with Crippen LogP contribution < -0.4 is 10.6 Å². The van der Waals surface area contributed by atoms with Crippen LogP contribution in [-0.2, 0) is 0 Å². The molecule has 106 valence electrons. The van der Waals surface area contributed by atoms with Crippen LogP contribution in [0.25, 0.3) is 10.9 Å². The Kier molecular flexibility index (Phi) is 4.84. The molecule has 0 radical (unpaired) electrons. The molecule has 20 heavy (non-hydrogen) atoms. The lowest BCUT2D eigenvalue weighted by molar-refractivity contribution is 0.605. The van der Waals surface area contributed by atoms with Crippen LogP contribution in [0.1, 0.15) is 20.3 Å². The van der Waals surface area contributed by atoms with Crippen molar-refractivity contribution in [3.8, 4) is 0 Å². The van der Waals surface area contributed by atoms with Gasteiger partial charge in [0.1, 0.15) is 0 Å². The summed E-state index contributed by atoms with van der Waals surface area (Å²) in [7, 11) is 0. The normalized spacial score (nSPS) is 10.9. The summed E-state index contributed by atoms with van der Waals surface area (Å²) in [6.45, 7) is 6.00. The number of anilines is 1. The highest BCUT2D eigenvalue weighted by atomic mass is 32.1. The fourth-order valence-corrected chi connectivity index (χ4v) is 2.16. The first-order chi connectivity index (χ1) is 9.56. The Bertz CT molecular complexity index is 597. The molecule has 0 aliphatic carbocycles. The number of rotatable bonds is 6. The van der Waals surface area contributed by atoms with Gasteiger partial charge in [-0.3, -0.25) is 0 Å². The maximum atomic E-state index is 5.60. The molecule has 0 fully saturated rings. The number of nitrogens with two attached hydrogens (primary N) is 1. The lowest BCUT2D eigenvalue weighted by Crippen LogP contribution is -2.32. The van der Waals surface area contributed by atoms with Crippen LogP contribution in [0.5, 0.6) is 0 Å². The maximum absolute atomic E-state index is 5.60. The number of hydrogen-bond acceptors (Lipinski definition) is 4. The van der Waals surface area contributed by atoms with E-state index in [2.05, 4.69) is 28.7 Å². The zero-order valence-electron chi connectivity index (χ0n) is 11.9. The van der Waals surface area contributed by atoms with Gasteiger partial charge in [-0.2, -0.15) is 0 Å². The molecule has 0 spiro atoms. The lowest BCUT2D eigenvalue weighted by atomic mass is 10.2. The van der Waals surface area contributed by atoms with Gasteiger partial charge in [-0.25, -0.2) is 9.97 Å². The lowest BCUT2D eigenvalue weighted by Gasteiger charge is -2.24. The molecule has 2 N–H and O–H groups in total. The van der Waals surface area contributed by atoms with Gasteiger partial charge in [0.25, 0.3) is 0 Å². The Hall–Kier alpha value is -1.75. The Morgan fingerprint density at radius 3 is 2.80 bits per heavy atom.